The van der Waals surface area contributed by atoms with E-state index in [-0.39, 0.29) is 18.0 Å². The second kappa shape index (κ2) is 5.91. The molecule has 2 fully saturated rings. The van der Waals surface area contributed by atoms with E-state index in [0.717, 1.165) is 0 Å². The first-order chi connectivity index (χ1) is 10.6. The van der Waals surface area contributed by atoms with Crippen LogP contribution in [0.15, 0.2) is 6.20 Å². The molecule has 0 radical (unpaired) electrons. The third kappa shape index (κ3) is 2.76. The van der Waals surface area contributed by atoms with Crippen LogP contribution < -0.4 is 0 Å². The highest BCUT2D eigenvalue weighted by molar-refractivity contribution is 5.92. The number of carbonyl (C=O) groups excluding carboxylic acids is 2. The Morgan fingerprint density at radius 1 is 1.23 bits per heavy atom. The molecule has 2 aliphatic heterocycles. The zero-order valence-corrected chi connectivity index (χ0v) is 12.8. The molecule has 0 aromatic carbocycles. The second-order valence-electron chi connectivity index (χ2n) is 5.72. The Labute approximate surface area is 128 Å². The second-order valence-corrected chi connectivity index (χ2v) is 5.72. The Hall–Kier alpha value is -2.16. The average Bonchev–Trinajstić information content (AvgIpc) is 2.95. The average molecular weight is 308 g/mol. The number of amides is 3. The predicted octanol–water partition coefficient (Wildman–Crippen LogP) is -0.711. The molecule has 9 nitrogen and oxygen atoms in total. The van der Waals surface area contributed by atoms with Gasteiger partial charge < -0.3 is 19.4 Å². The van der Waals surface area contributed by atoms with Gasteiger partial charge in [-0.25, -0.2) is 9.48 Å². The van der Waals surface area contributed by atoms with E-state index < -0.39 is 0 Å². The zero-order valence-electron chi connectivity index (χ0n) is 12.8. The lowest BCUT2D eigenvalue weighted by Crippen LogP contribution is -2.54. The van der Waals surface area contributed by atoms with Crippen LogP contribution in [0.4, 0.5) is 4.79 Å². The molecule has 0 unspecified atom stereocenters. The van der Waals surface area contributed by atoms with Gasteiger partial charge >= 0.3 is 6.03 Å². The fourth-order valence-corrected chi connectivity index (χ4v) is 2.54. The number of likely N-dealkylation sites (tertiary alicyclic amines) is 1. The van der Waals surface area contributed by atoms with Crippen molar-refractivity contribution in [3.8, 4) is 0 Å². The molecule has 0 spiro atoms. The number of morpholine rings is 1. The number of rotatable bonds is 2. The Morgan fingerprint density at radius 2 is 1.91 bits per heavy atom. The monoisotopic (exact) mass is 308 g/mol. The Bertz CT molecular complexity index is 560. The molecule has 2 aliphatic rings. The summed E-state index contributed by atoms with van der Waals surface area (Å²) >= 11 is 0. The number of nitrogens with zero attached hydrogens (tertiary/aromatic N) is 6. The van der Waals surface area contributed by atoms with Gasteiger partial charge in [0.1, 0.15) is 0 Å². The van der Waals surface area contributed by atoms with Crippen LogP contribution in [0.1, 0.15) is 16.5 Å². The number of ether oxygens (including phenoxy) is 1. The van der Waals surface area contributed by atoms with Crippen LogP contribution in [-0.2, 0) is 4.74 Å². The summed E-state index contributed by atoms with van der Waals surface area (Å²) in [6.45, 7) is 3.46. The zero-order chi connectivity index (χ0) is 15.7. The van der Waals surface area contributed by atoms with E-state index in [0.29, 0.717) is 45.1 Å². The van der Waals surface area contributed by atoms with Gasteiger partial charge in [-0.1, -0.05) is 5.21 Å². The fraction of sp³-hybridized carbons (Fsp3) is 0.692. The normalized spacial score (nSPS) is 19.0. The van der Waals surface area contributed by atoms with E-state index in [2.05, 4.69) is 10.3 Å². The lowest BCUT2D eigenvalue weighted by Gasteiger charge is -2.40. The van der Waals surface area contributed by atoms with Gasteiger partial charge in [-0.05, 0) is 0 Å². The summed E-state index contributed by atoms with van der Waals surface area (Å²) in [5.41, 5.74) is 0.347. The summed E-state index contributed by atoms with van der Waals surface area (Å²) in [4.78, 5) is 29.0. The molecule has 0 saturated carbocycles. The van der Waals surface area contributed by atoms with E-state index >= 15 is 0 Å². The number of carbonyl (C=O) groups is 2. The summed E-state index contributed by atoms with van der Waals surface area (Å²) in [6.07, 6.45) is 1.67. The fourth-order valence-electron chi connectivity index (χ4n) is 2.54. The molecule has 0 N–H and O–H groups in total. The summed E-state index contributed by atoms with van der Waals surface area (Å²) in [5, 5.41) is 8.00. The molecular formula is C13H20N6O3. The van der Waals surface area contributed by atoms with Crippen LogP contribution in [0, 0.1) is 0 Å². The molecule has 3 rings (SSSR count). The SMILES string of the molecule is CN(C)C(=O)N1CC(n2cc(C(=O)N3CCOCC3)nn2)C1. The molecule has 3 amide bonds. The molecule has 0 bridgehead atoms. The number of urea groups is 1. The van der Waals surface area contributed by atoms with Crippen molar-refractivity contribution in [2.75, 3.05) is 53.5 Å². The highest BCUT2D eigenvalue weighted by Crippen LogP contribution is 2.21. The van der Waals surface area contributed by atoms with Crippen LogP contribution >= 0.6 is 0 Å². The van der Waals surface area contributed by atoms with E-state index in [1.54, 1.807) is 39.7 Å². The third-order valence-electron chi connectivity index (χ3n) is 3.92. The van der Waals surface area contributed by atoms with Crippen molar-refractivity contribution in [2.45, 2.75) is 6.04 Å². The highest BCUT2D eigenvalue weighted by Gasteiger charge is 2.34. The minimum absolute atomic E-state index is 0.0130. The van der Waals surface area contributed by atoms with Gasteiger partial charge in [0, 0.05) is 40.3 Å². The van der Waals surface area contributed by atoms with Gasteiger partial charge in [0.15, 0.2) is 5.69 Å². The van der Waals surface area contributed by atoms with E-state index in [1.807, 2.05) is 0 Å². The van der Waals surface area contributed by atoms with Crippen molar-refractivity contribution < 1.29 is 14.3 Å². The topological polar surface area (TPSA) is 83.8 Å². The molecule has 2 saturated heterocycles. The van der Waals surface area contributed by atoms with Crippen molar-refractivity contribution in [3.05, 3.63) is 11.9 Å². The maximum atomic E-state index is 12.3. The maximum Gasteiger partial charge on any atom is 0.319 e. The van der Waals surface area contributed by atoms with Gasteiger partial charge in [0.05, 0.1) is 25.5 Å². The minimum atomic E-state index is -0.116. The van der Waals surface area contributed by atoms with E-state index in [9.17, 15) is 9.59 Å². The molecule has 120 valence electrons. The van der Waals surface area contributed by atoms with Gasteiger partial charge in [0.25, 0.3) is 5.91 Å². The van der Waals surface area contributed by atoms with Crippen LogP contribution in [0.2, 0.25) is 0 Å². The molecular weight excluding hydrogens is 288 g/mol. The first-order valence-corrected chi connectivity index (χ1v) is 7.31. The molecule has 0 atom stereocenters. The standard InChI is InChI=1S/C13H20N6O3/c1-16(2)13(21)18-7-10(8-18)19-9-11(14-15-19)12(20)17-3-5-22-6-4-17/h9-10H,3-8H2,1-2H3. The highest BCUT2D eigenvalue weighted by atomic mass is 16.5. The number of aromatic nitrogens is 3. The third-order valence-corrected chi connectivity index (χ3v) is 3.92. The summed E-state index contributed by atoms with van der Waals surface area (Å²) < 4.78 is 6.91. The molecule has 0 aliphatic carbocycles. The number of hydrogen-bond donors (Lipinski definition) is 0. The Morgan fingerprint density at radius 3 is 2.55 bits per heavy atom. The summed E-state index contributed by atoms with van der Waals surface area (Å²) in [5.74, 6) is -0.116. The molecule has 1 aromatic rings. The predicted molar refractivity (Wildman–Crippen MR) is 76.4 cm³/mol. The van der Waals surface area contributed by atoms with E-state index in [4.69, 9.17) is 4.74 Å². The van der Waals surface area contributed by atoms with Crippen LogP contribution in [0.3, 0.4) is 0 Å². The first-order valence-electron chi connectivity index (χ1n) is 7.31. The lowest BCUT2D eigenvalue weighted by atomic mass is 10.1. The van der Waals surface area contributed by atoms with Crippen molar-refractivity contribution >= 4 is 11.9 Å². The van der Waals surface area contributed by atoms with E-state index in [1.165, 1.54) is 0 Å². The quantitative estimate of drug-likeness (QED) is 0.720. The van der Waals surface area contributed by atoms with Crippen LogP contribution in [0.5, 0.6) is 0 Å². The maximum absolute atomic E-state index is 12.3. The van der Waals surface area contributed by atoms with Crippen molar-refractivity contribution in [2.24, 2.45) is 0 Å². The van der Waals surface area contributed by atoms with Crippen LogP contribution in [-0.4, -0.2) is 95.1 Å². The van der Waals surface area contributed by atoms with Crippen molar-refractivity contribution in [1.82, 2.24) is 29.7 Å². The Balaban J connectivity index is 1.58. The van der Waals surface area contributed by atoms with Crippen molar-refractivity contribution in [1.29, 1.82) is 0 Å². The lowest BCUT2D eigenvalue weighted by molar-refractivity contribution is 0.0299. The van der Waals surface area contributed by atoms with Crippen molar-refractivity contribution in [3.63, 3.8) is 0 Å². The first kappa shape index (κ1) is 14.8. The molecule has 3 heterocycles. The van der Waals surface area contributed by atoms with Gasteiger partial charge in [0.2, 0.25) is 0 Å². The molecule has 9 heteroatoms. The summed E-state index contributed by atoms with van der Waals surface area (Å²) in [7, 11) is 3.45. The van der Waals surface area contributed by atoms with Crippen LogP contribution in [0.25, 0.3) is 0 Å². The Kier molecular flexibility index (Phi) is 3.97. The molecule has 1 aromatic heterocycles. The largest absolute Gasteiger partial charge is 0.378 e. The van der Waals surface area contributed by atoms with Gasteiger partial charge in [-0.3, -0.25) is 4.79 Å². The smallest absolute Gasteiger partial charge is 0.319 e. The van der Waals surface area contributed by atoms with Gasteiger partial charge in [-0.2, -0.15) is 0 Å². The minimum Gasteiger partial charge on any atom is -0.378 e. The van der Waals surface area contributed by atoms with Gasteiger partial charge in [-0.15, -0.1) is 5.10 Å². The summed E-state index contributed by atoms with van der Waals surface area (Å²) in [6, 6.07) is 0.0728. The molecule has 22 heavy (non-hydrogen) atoms. The number of hydrogen-bond acceptors (Lipinski definition) is 5.